The molecule has 1 saturated heterocycles. The summed E-state index contributed by atoms with van der Waals surface area (Å²) in [5.41, 5.74) is 1.36. The van der Waals surface area contributed by atoms with Crippen molar-refractivity contribution in [1.29, 1.82) is 0 Å². The molecule has 0 amide bonds. The zero-order valence-corrected chi connectivity index (χ0v) is 14.4. The first-order chi connectivity index (χ1) is 12.8. The van der Waals surface area contributed by atoms with Crippen molar-refractivity contribution >= 4 is 17.3 Å². The highest BCUT2D eigenvalue weighted by Gasteiger charge is 2.29. The van der Waals surface area contributed by atoms with Crippen LogP contribution in [-0.4, -0.2) is 37.4 Å². The third-order valence-electron chi connectivity index (χ3n) is 4.36. The molecule has 0 saturated carbocycles. The Hall–Kier alpha value is -2.74. The summed E-state index contributed by atoms with van der Waals surface area (Å²) in [7, 11) is 0. The molecule has 0 spiro atoms. The molecule has 27 heavy (non-hydrogen) atoms. The summed E-state index contributed by atoms with van der Waals surface area (Å²) in [4.78, 5) is 13.6. The Kier molecular flexibility index (Phi) is 5.55. The van der Waals surface area contributed by atoms with Crippen LogP contribution in [0.1, 0.15) is 21.5 Å². The van der Waals surface area contributed by atoms with E-state index in [2.05, 4.69) is 5.32 Å². The molecule has 2 aromatic carbocycles. The number of alkyl halides is 3. The quantitative estimate of drug-likeness (QED) is 0.825. The summed E-state index contributed by atoms with van der Waals surface area (Å²) in [6.45, 7) is 2.63. The molecule has 0 aromatic heterocycles. The van der Waals surface area contributed by atoms with E-state index in [1.165, 1.54) is 18.2 Å². The average Bonchev–Trinajstić information content (AvgIpc) is 2.66. The molecule has 2 aromatic rings. The second-order valence-electron chi connectivity index (χ2n) is 6.18. The van der Waals surface area contributed by atoms with Gasteiger partial charge in [-0.25, -0.2) is 4.79 Å². The van der Waals surface area contributed by atoms with Gasteiger partial charge in [0.25, 0.3) is 0 Å². The van der Waals surface area contributed by atoms with Crippen molar-refractivity contribution in [2.45, 2.75) is 12.7 Å². The summed E-state index contributed by atoms with van der Waals surface area (Å²) in [6, 6.07) is 9.90. The topological polar surface area (TPSA) is 61.8 Å². The fraction of sp³-hybridized carbons (Fsp3) is 0.316. The van der Waals surface area contributed by atoms with Crippen molar-refractivity contribution in [3.8, 4) is 0 Å². The number of nitrogens with zero attached hydrogens (tertiary/aromatic N) is 1. The van der Waals surface area contributed by atoms with Gasteiger partial charge in [-0.15, -0.1) is 0 Å². The van der Waals surface area contributed by atoms with Crippen molar-refractivity contribution < 1.29 is 27.8 Å². The molecule has 0 atom stereocenters. The summed E-state index contributed by atoms with van der Waals surface area (Å²) < 4.78 is 43.1. The van der Waals surface area contributed by atoms with E-state index in [1.54, 1.807) is 12.1 Å². The highest BCUT2D eigenvalue weighted by Crippen LogP contribution is 2.29. The fourth-order valence-corrected chi connectivity index (χ4v) is 2.91. The van der Waals surface area contributed by atoms with Gasteiger partial charge in [0.15, 0.2) is 0 Å². The van der Waals surface area contributed by atoms with Crippen molar-refractivity contribution in [1.82, 2.24) is 0 Å². The maximum Gasteiger partial charge on any atom is 0.416 e. The first-order valence-corrected chi connectivity index (χ1v) is 8.44. The maximum atomic E-state index is 12.6. The summed E-state index contributed by atoms with van der Waals surface area (Å²) in [6.07, 6.45) is -4.36. The molecule has 0 bridgehead atoms. The minimum atomic E-state index is -4.36. The van der Waals surface area contributed by atoms with Gasteiger partial charge in [-0.1, -0.05) is 12.1 Å². The van der Waals surface area contributed by atoms with Crippen LogP contribution in [0.5, 0.6) is 0 Å². The number of morpholine rings is 1. The SMILES string of the molecule is O=C(O)c1cc(NCc2ccc(C(F)(F)F)cc2)ccc1N1CCOCC1. The van der Waals surface area contributed by atoms with E-state index in [1.807, 2.05) is 4.90 Å². The number of carbonyl (C=O) groups is 1. The Balaban J connectivity index is 1.71. The first-order valence-electron chi connectivity index (χ1n) is 8.44. The van der Waals surface area contributed by atoms with E-state index < -0.39 is 17.7 Å². The Morgan fingerprint density at radius 1 is 1.11 bits per heavy atom. The average molecular weight is 380 g/mol. The van der Waals surface area contributed by atoms with Gasteiger partial charge in [-0.2, -0.15) is 13.2 Å². The minimum Gasteiger partial charge on any atom is -0.478 e. The van der Waals surface area contributed by atoms with Gasteiger partial charge in [0.05, 0.1) is 30.0 Å². The largest absolute Gasteiger partial charge is 0.478 e. The lowest BCUT2D eigenvalue weighted by atomic mass is 10.1. The van der Waals surface area contributed by atoms with Crippen LogP contribution in [0.25, 0.3) is 0 Å². The molecule has 2 N–H and O–H groups in total. The molecule has 1 aliphatic heterocycles. The van der Waals surface area contributed by atoms with Gasteiger partial charge in [0, 0.05) is 25.3 Å². The predicted octanol–water partition coefficient (Wildman–Crippen LogP) is 3.85. The summed E-state index contributed by atoms with van der Waals surface area (Å²) >= 11 is 0. The van der Waals surface area contributed by atoms with Gasteiger partial charge in [0.1, 0.15) is 0 Å². The number of nitrogens with one attached hydrogen (secondary N) is 1. The molecule has 5 nitrogen and oxygen atoms in total. The zero-order valence-electron chi connectivity index (χ0n) is 14.4. The van der Waals surface area contributed by atoms with E-state index >= 15 is 0 Å². The van der Waals surface area contributed by atoms with E-state index in [9.17, 15) is 23.1 Å². The van der Waals surface area contributed by atoms with Crippen molar-refractivity contribution in [3.05, 3.63) is 59.2 Å². The minimum absolute atomic E-state index is 0.175. The summed E-state index contributed by atoms with van der Waals surface area (Å²) in [5.74, 6) is -1.03. The van der Waals surface area contributed by atoms with Crippen molar-refractivity contribution in [2.24, 2.45) is 0 Å². The number of benzene rings is 2. The van der Waals surface area contributed by atoms with Gasteiger partial charge < -0.3 is 20.1 Å². The Morgan fingerprint density at radius 2 is 1.78 bits per heavy atom. The van der Waals surface area contributed by atoms with Crippen LogP contribution in [0.3, 0.4) is 0 Å². The molecule has 144 valence electrons. The van der Waals surface area contributed by atoms with E-state index in [0.29, 0.717) is 43.2 Å². The molecule has 3 rings (SSSR count). The van der Waals surface area contributed by atoms with Gasteiger partial charge in [0.2, 0.25) is 0 Å². The van der Waals surface area contributed by atoms with Crippen molar-refractivity contribution in [3.63, 3.8) is 0 Å². The standard InChI is InChI=1S/C19H19F3N2O3/c20-19(21,22)14-3-1-13(2-4-14)12-23-15-5-6-17(16(11-15)18(25)26)24-7-9-27-10-8-24/h1-6,11,23H,7-10,12H2,(H,25,26). The first kappa shape index (κ1) is 19.0. The second kappa shape index (κ2) is 7.87. The van der Waals surface area contributed by atoms with Gasteiger partial charge in [-0.05, 0) is 35.9 Å². The number of anilines is 2. The number of aromatic carboxylic acids is 1. The Labute approximate surface area is 154 Å². The molecule has 0 unspecified atom stereocenters. The van der Waals surface area contributed by atoms with Crippen LogP contribution in [-0.2, 0) is 17.5 Å². The molecule has 1 aliphatic rings. The lowest BCUT2D eigenvalue weighted by Crippen LogP contribution is -2.37. The Bertz CT molecular complexity index is 801. The number of hydrogen-bond acceptors (Lipinski definition) is 4. The smallest absolute Gasteiger partial charge is 0.416 e. The molecule has 8 heteroatoms. The predicted molar refractivity (Wildman–Crippen MR) is 95.2 cm³/mol. The Morgan fingerprint density at radius 3 is 2.37 bits per heavy atom. The van der Waals surface area contributed by atoms with E-state index in [4.69, 9.17) is 4.74 Å². The number of carboxylic acid groups (broad SMARTS) is 1. The summed E-state index contributed by atoms with van der Waals surface area (Å²) in [5, 5.41) is 12.6. The monoisotopic (exact) mass is 380 g/mol. The second-order valence-corrected chi connectivity index (χ2v) is 6.18. The third kappa shape index (κ3) is 4.71. The lowest BCUT2D eigenvalue weighted by molar-refractivity contribution is -0.137. The molecular weight excluding hydrogens is 361 g/mol. The van der Waals surface area contributed by atoms with E-state index in [-0.39, 0.29) is 12.1 Å². The van der Waals surface area contributed by atoms with Crippen LogP contribution in [0, 0.1) is 0 Å². The van der Waals surface area contributed by atoms with Gasteiger partial charge in [-0.3, -0.25) is 0 Å². The number of hydrogen-bond donors (Lipinski definition) is 2. The number of ether oxygens (including phenoxy) is 1. The maximum absolute atomic E-state index is 12.6. The van der Waals surface area contributed by atoms with Gasteiger partial charge >= 0.3 is 12.1 Å². The number of carboxylic acids is 1. The van der Waals surface area contributed by atoms with Crippen LogP contribution < -0.4 is 10.2 Å². The number of rotatable bonds is 5. The highest BCUT2D eigenvalue weighted by atomic mass is 19.4. The van der Waals surface area contributed by atoms with Crippen LogP contribution in [0.4, 0.5) is 24.5 Å². The molecular formula is C19H19F3N2O3. The molecule has 1 fully saturated rings. The van der Waals surface area contributed by atoms with Crippen LogP contribution >= 0.6 is 0 Å². The van der Waals surface area contributed by atoms with Crippen LogP contribution in [0.2, 0.25) is 0 Å². The van der Waals surface area contributed by atoms with E-state index in [0.717, 1.165) is 12.1 Å². The molecule has 1 heterocycles. The third-order valence-corrected chi connectivity index (χ3v) is 4.36. The molecule has 0 aliphatic carbocycles. The number of halogens is 3. The van der Waals surface area contributed by atoms with Crippen LogP contribution in [0.15, 0.2) is 42.5 Å². The van der Waals surface area contributed by atoms with Crippen molar-refractivity contribution in [2.75, 3.05) is 36.5 Å². The molecule has 0 radical (unpaired) electrons. The lowest BCUT2D eigenvalue weighted by Gasteiger charge is -2.30. The highest BCUT2D eigenvalue weighted by molar-refractivity contribution is 5.95. The fourth-order valence-electron chi connectivity index (χ4n) is 2.91. The normalized spacial score (nSPS) is 14.9. The zero-order chi connectivity index (χ0) is 19.4.